The largest absolute Gasteiger partial charge is 0.354 e. The zero-order valence-corrected chi connectivity index (χ0v) is 13.6. The molecule has 0 atom stereocenters. The molecule has 0 amide bonds. The molecule has 0 bridgehead atoms. The van der Waals surface area contributed by atoms with Gasteiger partial charge < -0.3 is 14.6 Å². The van der Waals surface area contributed by atoms with Crippen molar-refractivity contribution < 1.29 is 0 Å². The summed E-state index contributed by atoms with van der Waals surface area (Å²) >= 11 is 0. The lowest BCUT2D eigenvalue weighted by molar-refractivity contribution is 0.418. The molecular weight excluding hydrogens is 260 g/mol. The highest BCUT2D eigenvalue weighted by Crippen LogP contribution is 2.34. The Morgan fingerprint density at radius 3 is 2.81 bits per heavy atom. The fourth-order valence-corrected chi connectivity index (χ4v) is 3.05. The predicted molar refractivity (Wildman–Crippen MR) is 87.8 cm³/mol. The molecule has 1 N–H and O–H groups in total. The number of nitrogens with zero attached hydrogens (tertiary/aromatic N) is 3. The van der Waals surface area contributed by atoms with Crippen molar-refractivity contribution in [2.45, 2.75) is 46.7 Å². The van der Waals surface area contributed by atoms with Crippen LogP contribution in [0.4, 0.5) is 5.82 Å². The van der Waals surface area contributed by atoms with E-state index in [0.717, 1.165) is 31.1 Å². The second-order valence-electron chi connectivity index (χ2n) is 7.18. The molecule has 0 radical (unpaired) electrons. The van der Waals surface area contributed by atoms with Gasteiger partial charge in [-0.05, 0) is 24.0 Å². The Kier molecular flexibility index (Phi) is 3.66. The van der Waals surface area contributed by atoms with Gasteiger partial charge in [0, 0.05) is 31.9 Å². The van der Waals surface area contributed by atoms with Crippen molar-refractivity contribution in [1.29, 1.82) is 0 Å². The monoisotopic (exact) mass is 286 g/mol. The lowest BCUT2D eigenvalue weighted by atomic mass is 9.93. The van der Waals surface area contributed by atoms with Crippen molar-refractivity contribution in [1.82, 2.24) is 14.7 Å². The predicted octanol–water partition coefficient (Wildman–Crippen LogP) is 3.07. The number of nitrogens with one attached hydrogen (secondary N) is 1. The van der Waals surface area contributed by atoms with Gasteiger partial charge in [-0.3, -0.25) is 0 Å². The molecule has 4 nitrogen and oxygen atoms in total. The van der Waals surface area contributed by atoms with Gasteiger partial charge in [0.2, 0.25) is 0 Å². The summed E-state index contributed by atoms with van der Waals surface area (Å²) in [6.07, 6.45) is 3.35. The van der Waals surface area contributed by atoms with Gasteiger partial charge in [0.05, 0.1) is 5.69 Å². The summed E-state index contributed by atoms with van der Waals surface area (Å²) in [7, 11) is 0. The molecule has 0 unspecified atom stereocenters. The molecule has 0 spiro atoms. The van der Waals surface area contributed by atoms with Gasteiger partial charge in [-0.25, -0.2) is 4.98 Å². The van der Waals surface area contributed by atoms with E-state index in [1.54, 1.807) is 0 Å². The van der Waals surface area contributed by atoms with Crippen molar-refractivity contribution in [2.24, 2.45) is 5.41 Å². The topological polar surface area (TPSA) is 32.6 Å². The molecule has 0 saturated carbocycles. The molecule has 3 rings (SSSR count). The molecule has 2 aromatic heterocycles. The number of hydrogen-bond acceptors (Lipinski definition) is 3. The van der Waals surface area contributed by atoms with Crippen LogP contribution in [-0.4, -0.2) is 28.5 Å². The van der Waals surface area contributed by atoms with E-state index in [1.807, 2.05) is 0 Å². The number of hydrogen-bond donors (Lipinski definition) is 1. The minimum Gasteiger partial charge on any atom is -0.354 e. The quantitative estimate of drug-likeness (QED) is 0.937. The van der Waals surface area contributed by atoms with E-state index >= 15 is 0 Å². The highest BCUT2D eigenvalue weighted by molar-refractivity contribution is 5.56. The SMILES string of the molecule is CC(C)NCc1c(N2CCC(C)(C)C2)nc2ccccn12. The van der Waals surface area contributed by atoms with Crippen LogP contribution in [0.25, 0.3) is 5.65 Å². The number of rotatable bonds is 4. The third kappa shape index (κ3) is 2.91. The van der Waals surface area contributed by atoms with Crippen LogP contribution in [0.15, 0.2) is 24.4 Å². The molecule has 21 heavy (non-hydrogen) atoms. The van der Waals surface area contributed by atoms with Crippen LogP contribution >= 0.6 is 0 Å². The lowest BCUT2D eigenvalue weighted by Gasteiger charge is -2.21. The number of imidazole rings is 1. The van der Waals surface area contributed by atoms with E-state index in [9.17, 15) is 0 Å². The summed E-state index contributed by atoms with van der Waals surface area (Å²) in [4.78, 5) is 7.34. The molecule has 3 heterocycles. The Morgan fingerprint density at radius 1 is 1.33 bits per heavy atom. The van der Waals surface area contributed by atoms with Gasteiger partial charge in [-0.2, -0.15) is 0 Å². The Labute approximate surface area is 127 Å². The third-order valence-electron chi connectivity index (χ3n) is 4.26. The fourth-order valence-electron chi connectivity index (χ4n) is 3.05. The maximum absolute atomic E-state index is 4.89. The Morgan fingerprint density at radius 2 is 2.14 bits per heavy atom. The Hall–Kier alpha value is -1.55. The van der Waals surface area contributed by atoms with Crippen molar-refractivity contribution in [3.05, 3.63) is 30.1 Å². The first-order chi connectivity index (χ1) is 9.96. The van der Waals surface area contributed by atoms with Gasteiger partial charge >= 0.3 is 0 Å². The van der Waals surface area contributed by atoms with Crippen LogP contribution in [0.1, 0.15) is 39.8 Å². The van der Waals surface area contributed by atoms with Crippen molar-refractivity contribution in [2.75, 3.05) is 18.0 Å². The summed E-state index contributed by atoms with van der Waals surface area (Å²) in [5, 5.41) is 3.54. The third-order valence-corrected chi connectivity index (χ3v) is 4.26. The van der Waals surface area contributed by atoms with E-state index in [1.165, 1.54) is 12.1 Å². The summed E-state index contributed by atoms with van der Waals surface area (Å²) in [5.41, 5.74) is 2.70. The second-order valence-corrected chi connectivity index (χ2v) is 7.18. The van der Waals surface area contributed by atoms with Gasteiger partial charge in [-0.15, -0.1) is 0 Å². The number of aromatic nitrogens is 2. The van der Waals surface area contributed by atoms with Crippen LogP contribution in [-0.2, 0) is 6.54 Å². The fraction of sp³-hybridized carbons (Fsp3) is 0.588. The van der Waals surface area contributed by atoms with Gasteiger partial charge in [-0.1, -0.05) is 33.8 Å². The summed E-state index contributed by atoms with van der Waals surface area (Å²) < 4.78 is 2.22. The van der Waals surface area contributed by atoms with E-state index in [0.29, 0.717) is 11.5 Å². The molecule has 1 saturated heterocycles. The van der Waals surface area contributed by atoms with Crippen molar-refractivity contribution in [3.8, 4) is 0 Å². The smallest absolute Gasteiger partial charge is 0.152 e. The zero-order valence-electron chi connectivity index (χ0n) is 13.6. The number of anilines is 1. The average Bonchev–Trinajstić information content (AvgIpc) is 2.96. The van der Waals surface area contributed by atoms with Crippen molar-refractivity contribution >= 4 is 11.5 Å². The normalized spacial score (nSPS) is 18.0. The molecule has 2 aromatic rings. The molecule has 114 valence electrons. The van der Waals surface area contributed by atoms with Crippen LogP contribution < -0.4 is 10.2 Å². The van der Waals surface area contributed by atoms with Crippen molar-refractivity contribution in [3.63, 3.8) is 0 Å². The minimum absolute atomic E-state index is 0.387. The molecule has 0 aromatic carbocycles. The maximum Gasteiger partial charge on any atom is 0.152 e. The first-order valence-electron chi connectivity index (χ1n) is 7.90. The Bertz CT molecular complexity index is 627. The first kappa shape index (κ1) is 14.4. The molecular formula is C17H26N4. The minimum atomic E-state index is 0.387. The second kappa shape index (κ2) is 5.34. The van der Waals surface area contributed by atoms with E-state index < -0.39 is 0 Å². The van der Waals surface area contributed by atoms with Crippen LogP contribution in [0.2, 0.25) is 0 Å². The maximum atomic E-state index is 4.89. The highest BCUT2D eigenvalue weighted by atomic mass is 15.3. The summed E-state index contributed by atoms with van der Waals surface area (Å²) in [5.74, 6) is 1.15. The number of fused-ring (bicyclic) bond motifs is 1. The van der Waals surface area contributed by atoms with Crippen LogP contribution in [0.3, 0.4) is 0 Å². The molecule has 1 fully saturated rings. The first-order valence-corrected chi connectivity index (χ1v) is 7.90. The van der Waals surface area contributed by atoms with E-state index in [2.05, 4.69) is 66.7 Å². The van der Waals surface area contributed by atoms with Gasteiger partial charge in [0.15, 0.2) is 5.82 Å². The molecule has 1 aliphatic rings. The Balaban J connectivity index is 1.98. The van der Waals surface area contributed by atoms with Crippen LogP contribution in [0, 0.1) is 5.41 Å². The summed E-state index contributed by atoms with van der Waals surface area (Å²) in [6, 6.07) is 6.69. The number of pyridine rings is 1. The lowest BCUT2D eigenvalue weighted by Crippen LogP contribution is -2.27. The molecule has 4 heteroatoms. The molecule has 1 aliphatic heterocycles. The van der Waals surface area contributed by atoms with E-state index in [4.69, 9.17) is 4.98 Å². The average molecular weight is 286 g/mol. The standard InChI is InChI=1S/C17H26N4/c1-13(2)18-11-14-16(20-10-8-17(3,4)12-20)19-15-7-5-6-9-21(14)15/h5-7,9,13,18H,8,10-12H2,1-4H3. The highest BCUT2D eigenvalue weighted by Gasteiger charge is 2.32. The van der Waals surface area contributed by atoms with E-state index in [-0.39, 0.29) is 0 Å². The van der Waals surface area contributed by atoms with Crippen LogP contribution in [0.5, 0.6) is 0 Å². The van der Waals surface area contributed by atoms with Gasteiger partial charge in [0.1, 0.15) is 5.65 Å². The summed E-state index contributed by atoms with van der Waals surface area (Å²) in [6.45, 7) is 12.1. The molecule has 0 aliphatic carbocycles. The zero-order chi connectivity index (χ0) is 15.0. The van der Waals surface area contributed by atoms with Gasteiger partial charge in [0.25, 0.3) is 0 Å².